The molecule has 3 atom stereocenters. The minimum absolute atomic E-state index is 0.0342. The van der Waals surface area contributed by atoms with Crippen LogP contribution in [-0.4, -0.2) is 164 Å². The molecule has 0 bridgehead atoms. The first kappa shape index (κ1) is 61.5. The van der Waals surface area contributed by atoms with Gasteiger partial charge in [-0.25, -0.2) is 14.4 Å². The lowest BCUT2D eigenvalue weighted by Crippen LogP contribution is -2.45. The van der Waals surface area contributed by atoms with E-state index in [1.165, 1.54) is 0 Å². The normalized spacial score (nSPS) is 12.2. The van der Waals surface area contributed by atoms with Gasteiger partial charge in [0, 0.05) is 45.2 Å². The molecule has 24 nitrogen and oxygen atoms in total. The van der Waals surface area contributed by atoms with Crippen molar-refractivity contribution in [3.05, 3.63) is 0 Å². The Labute approximate surface area is 390 Å². The summed E-state index contributed by atoms with van der Waals surface area (Å²) in [6, 6.07) is -4.03. The van der Waals surface area contributed by atoms with Crippen LogP contribution < -0.4 is 32.3 Å². The number of primary amides is 1. The summed E-state index contributed by atoms with van der Waals surface area (Å²) in [4.78, 5) is 117. The first-order valence-corrected chi connectivity index (χ1v) is 22.9. The molecule has 0 fully saturated rings. The van der Waals surface area contributed by atoms with Gasteiger partial charge in [0.25, 0.3) is 0 Å². The van der Waals surface area contributed by atoms with Crippen LogP contribution in [-0.2, 0) is 66.9 Å². The molecule has 384 valence electrons. The summed E-state index contributed by atoms with van der Waals surface area (Å²) in [5, 5.41) is 48.8. The molecule has 0 aliphatic heterocycles. The topological polar surface area (TPSA) is 375 Å². The van der Waals surface area contributed by atoms with Crippen molar-refractivity contribution >= 4 is 59.3 Å². The number of carboxylic acids is 4. The van der Waals surface area contributed by atoms with Crippen LogP contribution in [0.4, 0.5) is 0 Å². The molecule has 0 aliphatic carbocycles. The van der Waals surface area contributed by atoms with Crippen molar-refractivity contribution in [2.24, 2.45) is 5.73 Å². The molecule has 0 spiro atoms. The first-order valence-electron chi connectivity index (χ1n) is 22.9. The van der Waals surface area contributed by atoms with Gasteiger partial charge >= 0.3 is 23.9 Å². The number of unbranched alkanes of at least 4 members (excludes halogenated alkanes) is 11. The molecule has 24 heteroatoms. The fraction of sp³-hybridized carbons (Fsp3) is 0.767. The maximum Gasteiger partial charge on any atom is 0.326 e. The molecule has 0 unspecified atom stereocenters. The van der Waals surface area contributed by atoms with Crippen molar-refractivity contribution in [1.29, 1.82) is 0 Å². The van der Waals surface area contributed by atoms with E-state index in [1.807, 2.05) is 0 Å². The molecule has 67 heavy (non-hydrogen) atoms. The van der Waals surface area contributed by atoms with E-state index in [2.05, 4.69) is 26.6 Å². The lowest BCUT2D eigenvalue weighted by Gasteiger charge is -2.16. The van der Waals surface area contributed by atoms with E-state index in [9.17, 15) is 58.2 Å². The van der Waals surface area contributed by atoms with Crippen LogP contribution in [0.3, 0.4) is 0 Å². The molecule has 11 N–H and O–H groups in total. The van der Waals surface area contributed by atoms with Gasteiger partial charge in [0.2, 0.25) is 35.4 Å². The number of nitrogens with two attached hydrogens (primary N) is 1. The number of carbonyl (C=O) groups is 10. The van der Waals surface area contributed by atoms with E-state index in [0.29, 0.717) is 6.42 Å². The van der Waals surface area contributed by atoms with Gasteiger partial charge in [0.05, 0.1) is 39.6 Å². The van der Waals surface area contributed by atoms with Gasteiger partial charge in [-0.15, -0.1) is 0 Å². The predicted molar refractivity (Wildman–Crippen MR) is 237 cm³/mol. The van der Waals surface area contributed by atoms with Crippen molar-refractivity contribution < 1.29 is 87.3 Å². The first-order chi connectivity index (χ1) is 32.0. The molecule has 0 saturated carbocycles. The number of amides is 6. The Balaban J connectivity index is 3.87. The van der Waals surface area contributed by atoms with Gasteiger partial charge in [0.1, 0.15) is 31.3 Å². The third-order valence-corrected chi connectivity index (χ3v) is 9.79. The number of ether oxygens (including phenoxy) is 4. The smallest absolute Gasteiger partial charge is 0.326 e. The number of aliphatic carboxylic acids is 4. The summed E-state index contributed by atoms with van der Waals surface area (Å²) in [7, 11) is 0. The van der Waals surface area contributed by atoms with Crippen LogP contribution in [0, 0.1) is 0 Å². The van der Waals surface area contributed by atoms with E-state index in [4.69, 9.17) is 34.9 Å². The molecule has 0 heterocycles. The third kappa shape index (κ3) is 39.4. The number of nitrogens with one attached hydrogen (secondary N) is 5. The van der Waals surface area contributed by atoms with Crippen molar-refractivity contribution in [2.75, 3.05) is 65.9 Å². The van der Waals surface area contributed by atoms with Gasteiger partial charge in [-0.05, 0) is 32.1 Å². The molecule has 0 rings (SSSR count). The monoisotopic (exact) mass is 963 g/mol. The van der Waals surface area contributed by atoms with E-state index >= 15 is 0 Å². The Morgan fingerprint density at radius 2 is 0.716 bits per heavy atom. The molecular weight excluding hydrogens is 888 g/mol. The van der Waals surface area contributed by atoms with Crippen LogP contribution >= 0.6 is 0 Å². The second-order valence-electron chi connectivity index (χ2n) is 15.6. The molecule has 0 radical (unpaired) electrons. The fourth-order valence-corrected chi connectivity index (χ4v) is 6.14. The predicted octanol–water partition coefficient (Wildman–Crippen LogP) is 0.365. The second kappa shape index (κ2) is 40.8. The third-order valence-electron chi connectivity index (χ3n) is 9.79. The minimum Gasteiger partial charge on any atom is -0.481 e. The Kier molecular flexibility index (Phi) is 37.5. The molecule has 6 amide bonds. The number of rotatable bonds is 46. The van der Waals surface area contributed by atoms with Gasteiger partial charge in [-0.1, -0.05) is 64.2 Å². The zero-order chi connectivity index (χ0) is 50.1. The van der Waals surface area contributed by atoms with Gasteiger partial charge in [-0.2, -0.15) is 0 Å². The van der Waals surface area contributed by atoms with E-state index < -0.39 is 84.6 Å². The van der Waals surface area contributed by atoms with Crippen molar-refractivity contribution in [3.63, 3.8) is 0 Å². The molecule has 0 saturated heterocycles. The summed E-state index contributed by atoms with van der Waals surface area (Å²) in [5.74, 6) is -8.27. The van der Waals surface area contributed by atoms with Crippen LogP contribution in [0.25, 0.3) is 0 Å². The largest absolute Gasteiger partial charge is 0.481 e. The number of carboxylic acid groups (broad SMARTS) is 4. The van der Waals surface area contributed by atoms with Crippen LogP contribution in [0.2, 0.25) is 0 Å². The highest BCUT2D eigenvalue weighted by Crippen LogP contribution is 2.13. The highest BCUT2D eigenvalue weighted by Gasteiger charge is 2.25. The Morgan fingerprint density at radius 3 is 1.15 bits per heavy atom. The van der Waals surface area contributed by atoms with Crippen LogP contribution in [0.15, 0.2) is 0 Å². The van der Waals surface area contributed by atoms with Crippen molar-refractivity contribution in [1.82, 2.24) is 26.6 Å². The zero-order valence-corrected chi connectivity index (χ0v) is 38.5. The summed E-state index contributed by atoms with van der Waals surface area (Å²) < 4.78 is 21.1. The van der Waals surface area contributed by atoms with E-state index in [0.717, 1.165) is 70.6 Å². The molecule has 0 aromatic rings. The fourth-order valence-electron chi connectivity index (χ4n) is 6.14. The Morgan fingerprint density at radius 1 is 0.373 bits per heavy atom. The quantitative estimate of drug-likeness (QED) is 0.0368. The lowest BCUT2D eigenvalue weighted by molar-refractivity contribution is -0.144. The van der Waals surface area contributed by atoms with Crippen molar-refractivity contribution in [2.45, 2.75) is 147 Å². The highest BCUT2D eigenvalue weighted by atomic mass is 16.5. The van der Waals surface area contributed by atoms with Crippen molar-refractivity contribution in [3.8, 4) is 0 Å². The van der Waals surface area contributed by atoms with Crippen LogP contribution in [0.1, 0.15) is 128 Å². The Hall–Kier alpha value is -5.46. The number of hydrogen-bond donors (Lipinski definition) is 10. The lowest BCUT2D eigenvalue weighted by atomic mass is 10.0. The summed E-state index contributed by atoms with van der Waals surface area (Å²) in [6.07, 6.45) is 11.1. The summed E-state index contributed by atoms with van der Waals surface area (Å²) >= 11 is 0. The van der Waals surface area contributed by atoms with Gasteiger partial charge < -0.3 is 71.7 Å². The second-order valence-corrected chi connectivity index (χ2v) is 15.6. The maximum absolute atomic E-state index is 12.3. The summed E-state index contributed by atoms with van der Waals surface area (Å²) in [6.45, 7) is 0.0618. The summed E-state index contributed by atoms with van der Waals surface area (Å²) in [5.41, 5.74) is 4.99. The van der Waals surface area contributed by atoms with E-state index in [-0.39, 0.29) is 110 Å². The molecular formula is C43H74N6O18. The van der Waals surface area contributed by atoms with Gasteiger partial charge in [-0.3, -0.25) is 33.6 Å². The molecule has 0 aromatic carbocycles. The number of hydrogen-bond acceptors (Lipinski definition) is 14. The van der Waals surface area contributed by atoms with Gasteiger partial charge in [0.15, 0.2) is 0 Å². The van der Waals surface area contributed by atoms with Crippen LogP contribution in [0.5, 0.6) is 0 Å². The minimum atomic E-state index is -1.46. The Bertz CT molecular complexity index is 1500. The van der Waals surface area contributed by atoms with E-state index in [1.54, 1.807) is 0 Å². The SMILES string of the molecule is NC(=O)CC[C@H](NC(=O)CC[C@H](NC(=O)COCCOCCNC(=O)COCCOCCNC(=O)CC[C@H](NC(=O)CCCCCCCCCCCCCCC(=O)O)C(=O)O)C(=O)O)C(=O)O. The standard InChI is InChI=1S/C43H74N6O18/c44-34(50)18-15-31(41(58)59)48-37(53)20-17-33(43(62)63)49-39(55)30-67-28-26-65-24-22-46-38(54)29-66-27-25-64-23-21-45-35(51)19-16-32(42(60)61)47-36(52)13-11-9-7-5-3-1-2-4-6-8-10-12-14-40(56)57/h31-33H,1-30H2,(H2,44,50)(H,45,51)(H,46,54)(H,47,52)(H,48,53)(H,49,55)(H,56,57)(H,58,59)(H,60,61)(H,62,63)/t31-,32-,33-/m0/s1. The maximum atomic E-state index is 12.3. The molecule has 0 aliphatic rings. The number of carbonyl (C=O) groups excluding carboxylic acids is 6. The average Bonchev–Trinajstić information content (AvgIpc) is 3.26. The molecule has 0 aromatic heterocycles. The zero-order valence-electron chi connectivity index (χ0n) is 38.5. The highest BCUT2D eigenvalue weighted by molar-refractivity contribution is 5.87. The average molecular weight is 963 g/mol.